The number of halogens is 2. The first kappa shape index (κ1) is 22.7. The van der Waals surface area contributed by atoms with Crippen molar-refractivity contribution in [3.8, 4) is 17.2 Å². The zero-order valence-corrected chi connectivity index (χ0v) is 19.3. The van der Waals surface area contributed by atoms with E-state index >= 15 is 0 Å². The molecule has 1 aliphatic rings. The van der Waals surface area contributed by atoms with E-state index in [4.69, 9.17) is 42.1 Å². The lowest BCUT2D eigenvalue weighted by Gasteiger charge is -2.12. The lowest BCUT2D eigenvalue weighted by atomic mass is 10.1. The highest BCUT2D eigenvalue weighted by atomic mass is 35.5. The average Bonchev–Trinajstić information content (AvgIpc) is 3.19. The van der Waals surface area contributed by atoms with Gasteiger partial charge in [0.25, 0.3) is 0 Å². The van der Waals surface area contributed by atoms with Crippen LogP contribution in [0.2, 0.25) is 10.0 Å². The van der Waals surface area contributed by atoms with Gasteiger partial charge < -0.3 is 18.9 Å². The number of hydrogen-bond acceptors (Lipinski definition) is 6. The second-order valence-electron chi connectivity index (χ2n) is 7.00. The number of cyclic esters (lactones) is 1. The molecule has 0 fully saturated rings. The van der Waals surface area contributed by atoms with Gasteiger partial charge in [0.2, 0.25) is 5.90 Å². The van der Waals surface area contributed by atoms with Crippen LogP contribution in [0.4, 0.5) is 0 Å². The van der Waals surface area contributed by atoms with Gasteiger partial charge in [-0.05, 0) is 54.1 Å². The van der Waals surface area contributed by atoms with E-state index in [1.165, 1.54) is 7.11 Å². The van der Waals surface area contributed by atoms with Gasteiger partial charge in [-0.15, -0.1) is 0 Å². The van der Waals surface area contributed by atoms with E-state index < -0.39 is 5.97 Å². The summed E-state index contributed by atoms with van der Waals surface area (Å²) < 4.78 is 21.9. The summed E-state index contributed by atoms with van der Waals surface area (Å²) >= 11 is 12.1. The molecule has 0 N–H and O–H groups in total. The van der Waals surface area contributed by atoms with Gasteiger partial charge in [0.05, 0.1) is 14.2 Å². The predicted octanol–water partition coefficient (Wildman–Crippen LogP) is 5.93. The van der Waals surface area contributed by atoms with Crippen LogP contribution in [0.25, 0.3) is 6.08 Å². The number of benzene rings is 3. The Kier molecular flexibility index (Phi) is 6.87. The summed E-state index contributed by atoms with van der Waals surface area (Å²) in [5.41, 5.74) is 2.32. The number of methoxy groups -OCH3 is 2. The van der Waals surface area contributed by atoms with Gasteiger partial charge in [0, 0.05) is 21.2 Å². The van der Waals surface area contributed by atoms with Crippen LogP contribution in [0.5, 0.6) is 17.2 Å². The van der Waals surface area contributed by atoms with Crippen LogP contribution in [0, 0.1) is 0 Å². The van der Waals surface area contributed by atoms with Crippen LogP contribution in [0.1, 0.15) is 16.7 Å². The van der Waals surface area contributed by atoms with Crippen molar-refractivity contribution >= 4 is 41.1 Å². The Morgan fingerprint density at radius 3 is 2.58 bits per heavy atom. The molecule has 168 valence electrons. The van der Waals surface area contributed by atoms with E-state index in [-0.39, 0.29) is 18.2 Å². The summed E-state index contributed by atoms with van der Waals surface area (Å²) in [6.07, 6.45) is 1.62. The van der Waals surface area contributed by atoms with Crippen molar-refractivity contribution in [1.29, 1.82) is 0 Å². The Morgan fingerprint density at radius 2 is 1.82 bits per heavy atom. The molecule has 4 rings (SSSR count). The van der Waals surface area contributed by atoms with E-state index in [0.29, 0.717) is 38.4 Å². The number of rotatable bonds is 7. The molecule has 1 aliphatic heterocycles. The van der Waals surface area contributed by atoms with Crippen LogP contribution in [-0.2, 0) is 16.1 Å². The molecule has 8 heteroatoms. The third-order valence-electron chi connectivity index (χ3n) is 4.83. The largest absolute Gasteiger partial charge is 0.497 e. The van der Waals surface area contributed by atoms with E-state index in [9.17, 15) is 4.79 Å². The van der Waals surface area contributed by atoms with Crippen molar-refractivity contribution in [3.63, 3.8) is 0 Å². The number of carbonyl (C=O) groups is 1. The van der Waals surface area contributed by atoms with Crippen molar-refractivity contribution in [1.82, 2.24) is 0 Å². The number of aliphatic imine (C=N–C) groups is 1. The minimum absolute atomic E-state index is 0.177. The zero-order chi connectivity index (χ0) is 23.4. The number of carbonyl (C=O) groups excluding carboxylic acids is 1. The van der Waals surface area contributed by atoms with E-state index in [1.54, 1.807) is 73.8 Å². The van der Waals surface area contributed by atoms with Gasteiger partial charge in [-0.3, -0.25) is 0 Å². The monoisotopic (exact) mass is 483 g/mol. The normalized spacial score (nSPS) is 14.1. The first-order chi connectivity index (χ1) is 16.0. The Morgan fingerprint density at radius 1 is 0.970 bits per heavy atom. The highest BCUT2D eigenvalue weighted by molar-refractivity contribution is 6.35. The molecule has 3 aromatic rings. The molecule has 1 heterocycles. The van der Waals surface area contributed by atoms with Crippen LogP contribution < -0.4 is 14.2 Å². The highest BCUT2D eigenvalue weighted by Crippen LogP contribution is 2.31. The fourth-order valence-corrected chi connectivity index (χ4v) is 3.60. The minimum atomic E-state index is -0.538. The summed E-state index contributed by atoms with van der Waals surface area (Å²) in [6.45, 7) is 0.243. The molecule has 0 saturated heterocycles. The maximum atomic E-state index is 12.3. The molecule has 0 saturated carbocycles. The van der Waals surface area contributed by atoms with Crippen LogP contribution in [0.15, 0.2) is 71.4 Å². The summed E-state index contributed by atoms with van der Waals surface area (Å²) in [5.74, 6) is 1.35. The lowest BCUT2D eigenvalue weighted by molar-refractivity contribution is -0.129. The third kappa shape index (κ3) is 5.30. The van der Waals surface area contributed by atoms with Crippen LogP contribution in [0.3, 0.4) is 0 Å². The van der Waals surface area contributed by atoms with E-state index in [0.717, 1.165) is 5.56 Å². The van der Waals surface area contributed by atoms with Gasteiger partial charge in [-0.1, -0.05) is 41.4 Å². The molecule has 0 spiro atoms. The standard InChI is InChI=1S/C25H19Cl2NO5/c1-30-19-5-3-4-16(12-19)24-28-21(25(29)33-24)10-15-6-9-22(23(11-15)31-2)32-14-17-7-8-18(26)13-20(17)27/h3-13H,14H2,1-2H3/b21-10+. The van der Waals surface area contributed by atoms with Crippen molar-refractivity contribution in [2.24, 2.45) is 4.99 Å². The number of nitrogens with zero attached hydrogens (tertiary/aromatic N) is 1. The van der Waals surface area contributed by atoms with E-state index in [2.05, 4.69) is 4.99 Å². The topological polar surface area (TPSA) is 66.3 Å². The average molecular weight is 484 g/mol. The molecule has 0 atom stereocenters. The van der Waals surface area contributed by atoms with Crippen molar-refractivity contribution in [2.75, 3.05) is 14.2 Å². The van der Waals surface area contributed by atoms with Gasteiger partial charge in [-0.25, -0.2) is 9.79 Å². The predicted molar refractivity (Wildman–Crippen MR) is 127 cm³/mol. The first-order valence-corrected chi connectivity index (χ1v) is 10.6. The molecule has 33 heavy (non-hydrogen) atoms. The maximum Gasteiger partial charge on any atom is 0.363 e. The Hall–Kier alpha value is -3.48. The fraction of sp³-hybridized carbons (Fsp3) is 0.120. The summed E-state index contributed by atoms with van der Waals surface area (Å²) in [7, 11) is 3.11. The van der Waals surface area contributed by atoms with Crippen LogP contribution >= 0.6 is 23.2 Å². The lowest BCUT2D eigenvalue weighted by Crippen LogP contribution is -2.05. The molecular weight excluding hydrogens is 465 g/mol. The Balaban J connectivity index is 1.54. The van der Waals surface area contributed by atoms with Gasteiger partial charge in [0.1, 0.15) is 12.4 Å². The first-order valence-electron chi connectivity index (χ1n) is 9.88. The SMILES string of the molecule is COc1cccc(C2=N/C(=C/c3ccc(OCc4ccc(Cl)cc4Cl)c(OC)c3)C(=O)O2)c1. The molecule has 0 aromatic heterocycles. The van der Waals surface area contributed by atoms with E-state index in [1.807, 2.05) is 0 Å². The van der Waals surface area contributed by atoms with Gasteiger partial charge >= 0.3 is 5.97 Å². The third-order valence-corrected chi connectivity index (χ3v) is 5.41. The smallest absolute Gasteiger partial charge is 0.363 e. The van der Waals surface area contributed by atoms with Crippen molar-refractivity contribution in [3.05, 3.63) is 93.1 Å². The van der Waals surface area contributed by atoms with Gasteiger partial charge in [0.15, 0.2) is 17.2 Å². The second-order valence-corrected chi connectivity index (χ2v) is 7.85. The summed E-state index contributed by atoms with van der Waals surface area (Å²) in [4.78, 5) is 16.7. The molecule has 0 bridgehead atoms. The number of hydrogen-bond donors (Lipinski definition) is 0. The molecule has 6 nitrogen and oxygen atoms in total. The van der Waals surface area contributed by atoms with Crippen molar-refractivity contribution in [2.45, 2.75) is 6.61 Å². The number of ether oxygens (including phenoxy) is 4. The minimum Gasteiger partial charge on any atom is -0.497 e. The molecule has 0 amide bonds. The summed E-state index contributed by atoms with van der Waals surface area (Å²) in [5, 5.41) is 1.08. The fourth-order valence-electron chi connectivity index (χ4n) is 3.13. The molecule has 0 radical (unpaired) electrons. The summed E-state index contributed by atoms with van der Waals surface area (Å²) in [6, 6.07) is 17.6. The van der Waals surface area contributed by atoms with Crippen molar-refractivity contribution < 1.29 is 23.7 Å². The maximum absolute atomic E-state index is 12.3. The molecule has 0 aliphatic carbocycles. The van der Waals surface area contributed by atoms with Crippen LogP contribution in [-0.4, -0.2) is 26.1 Å². The molecule has 0 unspecified atom stereocenters. The Bertz CT molecular complexity index is 1270. The second kappa shape index (κ2) is 9.98. The number of esters is 1. The molecular formula is C25H19Cl2NO5. The van der Waals surface area contributed by atoms with Gasteiger partial charge in [-0.2, -0.15) is 0 Å². The Labute approximate surface area is 201 Å². The zero-order valence-electron chi connectivity index (χ0n) is 17.8. The molecule has 3 aromatic carbocycles. The highest BCUT2D eigenvalue weighted by Gasteiger charge is 2.24. The quantitative estimate of drug-likeness (QED) is 0.307.